The van der Waals surface area contributed by atoms with E-state index in [-0.39, 0.29) is 16.5 Å². The fourth-order valence-corrected chi connectivity index (χ4v) is 1.21. The molecule has 0 radical (unpaired) electrons. The largest absolute Gasteiger partial charge is 2.00 e. The van der Waals surface area contributed by atoms with Gasteiger partial charge in [0.15, 0.2) is 0 Å². The zero-order chi connectivity index (χ0) is 14.9. The average molecular weight is 319 g/mol. The molecule has 4 N–H and O–H groups in total. The van der Waals surface area contributed by atoms with Gasteiger partial charge in [-0.3, -0.25) is 0 Å². The molecule has 0 spiro atoms. The molecule has 0 heterocycles. The number of hydrogen-bond donors (Lipinski definition) is 2. The predicted octanol–water partition coefficient (Wildman–Crippen LogP) is -1.78. The third-order valence-corrected chi connectivity index (χ3v) is 2.06. The molecule has 0 saturated heterocycles. The number of aliphatic carboxylic acids is 2. The molecule has 0 aliphatic carbocycles. The summed E-state index contributed by atoms with van der Waals surface area (Å²) < 4.78 is 0. The quantitative estimate of drug-likeness (QED) is 0.556. The van der Waals surface area contributed by atoms with Crippen molar-refractivity contribution >= 4 is 11.9 Å². The fourth-order valence-electron chi connectivity index (χ4n) is 1.21. The summed E-state index contributed by atoms with van der Waals surface area (Å²) >= 11 is 0. The molecule has 19 heavy (non-hydrogen) atoms. The summed E-state index contributed by atoms with van der Waals surface area (Å²) in [4.78, 5) is 20.0. The molecule has 0 aromatic heterocycles. The van der Waals surface area contributed by atoms with Gasteiger partial charge in [0.05, 0.1) is 11.9 Å². The molecule has 0 unspecified atom stereocenters. The molecular formula is C12H24N2NiO4. The molecule has 0 aromatic carbocycles. The molecule has 0 bridgehead atoms. The molecular weight excluding hydrogens is 295 g/mol. The van der Waals surface area contributed by atoms with Crippen LogP contribution in [0.2, 0.25) is 0 Å². The number of nitrogens with two attached hydrogens (primary N) is 2. The van der Waals surface area contributed by atoms with E-state index in [1.54, 1.807) is 0 Å². The van der Waals surface area contributed by atoms with E-state index in [4.69, 9.17) is 11.5 Å². The molecule has 7 heteroatoms. The zero-order valence-corrected chi connectivity index (χ0v) is 12.8. The summed E-state index contributed by atoms with van der Waals surface area (Å²) in [6.07, 6.45) is 0.977. The average Bonchev–Trinajstić information content (AvgIpc) is 2.16. The smallest absolute Gasteiger partial charge is 0.548 e. The molecule has 116 valence electrons. The van der Waals surface area contributed by atoms with E-state index in [9.17, 15) is 19.8 Å². The number of rotatable bonds is 6. The van der Waals surface area contributed by atoms with Crippen LogP contribution in [0.15, 0.2) is 0 Å². The molecule has 0 aliphatic rings. The van der Waals surface area contributed by atoms with Crippen molar-refractivity contribution in [1.82, 2.24) is 0 Å². The number of carbonyl (C=O) groups excluding carboxylic acids is 2. The first-order valence-corrected chi connectivity index (χ1v) is 6.00. The monoisotopic (exact) mass is 318 g/mol. The molecule has 6 nitrogen and oxygen atoms in total. The number of carbonyl (C=O) groups is 2. The van der Waals surface area contributed by atoms with Crippen LogP contribution in [0, 0.1) is 11.8 Å². The topological polar surface area (TPSA) is 132 Å². The Balaban J connectivity index is -0.000000256. The van der Waals surface area contributed by atoms with E-state index in [0.717, 1.165) is 0 Å². The summed E-state index contributed by atoms with van der Waals surface area (Å²) in [6, 6.07) is -1.60. The van der Waals surface area contributed by atoms with E-state index < -0.39 is 24.0 Å². The maximum atomic E-state index is 10.00. The van der Waals surface area contributed by atoms with Gasteiger partial charge in [0.1, 0.15) is 0 Å². The van der Waals surface area contributed by atoms with Crippen molar-refractivity contribution in [2.24, 2.45) is 23.3 Å². The Bertz CT molecular complexity index is 234. The minimum Gasteiger partial charge on any atom is -0.548 e. The molecule has 0 amide bonds. The van der Waals surface area contributed by atoms with Crippen molar-refractivity contribution in [3.05, 3.63) is 0 Å². The van der Waals surface area contributed by atoms with Gasteiger partial charge in [-0.25, -0.2) is 0 Å². The normalized spacial score (nSPS) is 13.1. The molecule has 0 aromatic rings. The van der Waals surface area contributed by atoms with Crippen molar-refractivity contribution in [3.8, 4) is 0 Å². The van der Waals surface area contributed by atoms with Gasteiger partial charge in [0.2, 0.25) is 0 Å². The van der Waals surface area contributed by atoms with Gasteiger partial charge in [0.25, 0.3) is 0 Å². The first-order valence-electron chi connectivity index (χ1n) is 6.00. The second kappa shape index (κ2) is 12.4. The van der Waals surface area contributed by atoms with Gasteiger partial charge < -0.3 is 31.3 Å². The van der Waals surface area contributed by atoms with Crippen molar-refractivity contribution < 1.29 is 36.3 Å². The molecule has 2 atom stereocenters. The van der Waals surface area contributed by atoms with Crippen LogP contribution in [0.4, 0.5) is 0 Å². The minimum absolute atomic E-state index is 0. The summed E-state index contributed by atoms with van der Waals surface area (Å²) in [5, 5.41) is 20.0. The SMILES string of the molecule is CC(C)C[C@H](N)C(=O)[O-].CC(C)C[C@H](N)C(=O)[O-].[Ni+2]. The second-order valence-electron chi connectivity index (χ2n) is 5.11. The zero-order valence-electron chi connectivity index (χ0n) is 11.8. The number of carboxylic acids is 2. The van der Waals surface area contributed by atoms with E-state index in [1.165, 1.54) is 0 Å². The third kappa shape index (κ3) is 17.4. The van der Waals surface area contributed by atoms with Gasteiger partial charge in [-0.05, 0) is 24.7 Å². The minimum atomic E-state index is -1.16. The number of carboxylic acid groups (broad SMARTS) is 2. The van der Waals surface area contributed by atoms with Gasteiger partial charge in [-0.2, -0.15) is 0 Å². The Labute approximate surface area is 124 Å². The summed E-state index contributed by atoms with van der Waals surface area (Å²) in [5.74, 6) is -1.69. The maximum Gasteiger partial charge on any atom is 2.00 e. The Morgan fingerprint density at radius 3 is 1.11 bits per heavy atom. The molecule has 0 aliphatic heterocycles. The third-order valence-electron chi connectivity index (χ3n) is 2.06. The van der Waals surface area contributed by atoms with Gasteiger partial charge in [-0.1, -0.05) is 27.7 Å². The first kappa shape index (κ1) is 23.4. The van der Waals surface area contributed by atoms with Crippen LogP contribution in [0.3, 0.4) is 0 Å². The van der Waals surface area contributed by atoms with Gasteiger partial charge >= 0.3 is 16.5 Å². The molecule has 0 fully saturated rings. The van der Waals surface area contributed by atoms with Crippen LogP contribution in [-0.2, 0) is 26.1 Å². The Hall–Kier alpha value is -0.646. The second-order valence-corrected chi connectivity index (χ2v) is 5.11. The van der Waals surface area contributed by atoms with E-state index in [0.29, 0.717) is 24.7 Å². The fraction of sp³-hybridized carbons (Fsp3) is 0.833. The van der Waals surface area contributed by atoms with Crippen LogP contribution in [0.1, 0.15) is 40.5 Å². The van der Waals surface area contributed by atoms with Gasteiger partial charge in [0, 0.05) is 12.1 Å². The van der Waals surface area contributed by atoms with Crippen molar-refractivity contribution in [2.75, 3.05) is 0 Å². The van der Waals surface area contributed by atoms with Crippen LogP contribution in [0.5, 0.6) is 0 Å². The summed E-state index contributed by atoms with van der Waals surface area (Å²) in [5.41, 5.74) is 10.3. The first-order chi connectivity index (χ1) is 8.07. The van der Waals surface area contributed by atoms with Crippen molar-refractivity contribution in [3.63, 3.8) is 0 Å². The van der Waals surface area contributed by atoms with Crippen LogP contribution in [0.25, 0.3) is 0 Å². The van der Waals surface area contributed by atoms with Crippen LogP contribution in [-0.4, -0.2) is 24.0 Å². The number of hydrogen-bond acceptors (Lipinski definition) is 6. The predicted molar refractivity (Wildman–Crippen MR) is 64.9 cm³/mol. The van der Waals surface area contributed by atoms with Crippen LogP contribution >= 0.6 is 0 Å². The van der Waals surface area contributed by atoms with Crippen molar-refractivity contribution in [2.45, 2.75) is 52.6 Å². The van der Waals surface area contributed by atoms with E-state index >= 15 is 0 Å². The Kier molecular flexibility index (Phi) is 15.3. The summed E-state index contributed by atoms with van der Waals surface area (Å²) in [7, 11) is 0. The van der Waals surface area contributed by atoms with Crippen LogP contribution < -0.4 is 21.7 Å². The molecule has 0 rings (SSSR count). The molecule has 0 saturated carbocycles. The maximum absolute atomic E-state index is 10.00. The van der Waals surface area contributed by atoms with E-state index in [1.807, 2.05) is 27.7 Å². The summed E-state index contributed by atoms with van der Waals surface area (Å²) in [6.45, 7) is 7.68. The van der Waals surface area contributed by atoms with Gasteiger partial charge in [-0.15, -0.1) is 0 Å². The Morgan fingerprint density at radius 1 is 0.842 bits per heavy atom. The standard InChI is InChI=1S/2C6H13NO2.Ni/c2*1-4(2)3-5(7)6(8)9;/h2*4-5H,3,7H2,1-2H3,(H,8,9);/q;;+2/p-2/t2*5-;/m00./s1. The van der Waals surface area contributed by atoms with Crippen molar-refractivity contribution in [1.29, 1.82) is 0 Å². The van der Waals surface area contributed by atoms with E-state index in [2.05, 4.69) is 0 Å². The Morgan fingerprint density at radius 2 is 1.05 bits per heavy atom.